The molecule has 2 aromatic rings. The number of carboxylic acid groups (broad SMARTS) is 1. The summed E-state index contributed by atoms with van der Waals surface area (Å²) in [7, 11) is 0. The lowest BCUT2D eigenvalue weighted by molar-refractivity contribution is -0.143. The Labute approximate surface area is 108 Å². The highest BCUT2D eigenvalue weighted by Gasteiger charge is 2.03. The van der Waals surface area contributed by atoms with Gasteiger partial charge >= 0.3 is 12.0 Å². The molecule has 2 amide bonds. The summed E-state index contributed by atoms with van der Waals surface area (Å²) >= 11 is 0. The summed E-state index contributed by atoms with van der Waals surface area (Å²) in [6.45, 7) is -0.592. The number of hydrogen-bond acceptors (Lipinski definition) is 3. The fourth-order valence-electron chi connectivity index (χ4n) is 1.59. The third-order valence-corrected chi connectivity index (χ3v) is 2.37. The van der Waals surface area contributed by atoms with Crippen LogP contribution in [0.25, 0.3) is 10.8 Å². The first-order valence-electron chi connectivity index (χ1n) is 5.54. The average molecular weight is 260 g/mol. The lowest BCUT2D eigenvalue weighted by atomic mass is 10.1. The van der Waals surface area contributed by atoms with E-state index in [4.69, 9.17) is 5.11 Å². The van der Waals surface area contributed by atoms with Gasteiger partial charge < -0.3 is 10.4 Å². The fraction of sp³-hybridized carbons (Fsp3) is 0.0769. The Morgan fingerprint density at radius 2 is 1.84 bits per heavy atom. The number of fused-ring (bicyclic) bond motifs is 1. The quantitative estimate of drug-likeness (QED) is 0.733. The maximum absolute atomic E-state index is 11.4. The number of urea groups is 1. The monoisotopic (exact) mass is 260 g/mol. The normalized spacial score (nSPS) is 10.1. The summed E-state index contributed by atoms with van der Waals surface area (Å²) in [5.41, 5.74) is 2.57. The van der Waals surface area contributed by atoms with Crippen molar-refractivity contribution >= 4 is 28.5 Å². The van der Waals surface area contributed by atoms with E-state index in [-0.39, 0.29) is 0 Å². The van der Waals surface area contributed by atoms with Gasteiger partial charge in [-0.3, -0.25) is 4.84 Å². The lowest BCUT2D eigenvalue weighted by Crippen LogP contribution is -2.30. The first kappa shape index (κ1) is 12.8. The summed E-state index contributed by atoms with van der Waals surface area (Å²) in [5, 5.41) is 12.9. The van der Waals surface area contributed by atoms with Crippen LogP contribution in [0.3, 0.4) is 0 Å². The molecule has 6 nitrogen and oxygen atoms in total. The number of carbonyl (C=O) groups excluding carboxylic acids is 1. The van der Waals surface area contributed by atoms with Crippen molar-refractivity contribution in [3.05, 3.63) is 42.5 Å². The number of rotatable bonds is 4. The Bertz CT molecular complexity index is 612. The molecule has 6 heteroatoms. The molecule has 0 aliphatic rings. The van der Waals surface area contributed by atoms with E-state index < -0.39 is 18.6 Å². The van der Waals surface area contributed by atoms with Gasteiger partial charge in [-0.05, 0) is 22.9 Å². The number of aliphatic carboxylic acids is 1. The lowest BCUT2D eigenvalue weighted by Gasteiger charge is -2.07. The maximum Gasteiger partial charge on any atom is 0.343 e. The Hall–Kier alpha value is -2.60. The van der Waals surface area contributed by atoms with Crippen molar-refractivity contribution in [3.63, 3.8) is 0 Å². The highest BCUT2D eigenvalue weighted by atomic mass is 16.7. The van der Waals surface area contributed by atoms with Crippen molar-refractivity contribution in [3.8, 4) is 0 Å². The Balaban J connectivity index is 1.97. The van der Waals surface area contributed by atoms with Gasteiger partial charge in [0.25, 0.3) is 0 Å². The summed E-state index contributed by atoms with van der Waals surface area (Å²) < 4.78 is 0. The molecule has 0 saturated heterocycles. The van der Waals surface area contributed by atoms with Crippen molar-refractivity contribution in [1.82, 2.24) is 5.48 Å². The molecule has 0 atom stereocenters. The zero-order valence-electron chi connectivity index (χ0n) is 9.92. The molecule has 19 heavy (non-hydrogen) atoms. The van der Waals surface area contributed by atoms with Gasteiger partial charge in [0.1, 0.15) is 0 Å². The topological polar surface area (TPSA) is 87.7 Å². The zero-order valence-corrected chi connectivity index (χ0v) is 9.92. The predicted octanol–water partition coefficient (Wildman–Crippen LogP) is 1.98. The second-order valence-electron chi connectivity index (χ2n) is 3.80. The highest BCUT2D eigenvalue weighted by molar-refractivity contribution is 5.93. The van der Waals surface area contributed by atoms with Crippen LogP contribution in [-0.4, -0.2) is 23.7 Å². The van der Waals surface area contributed by atoms with Gasteiger partial charge in [0, 0.05) is 5.69 Å². The number of carbonyl (C=O) groups is 2. The van der Waals surface area contributed by atoms with Crippen molar-refractivity contribution in [2.45, 2.75) is 0 Å². The van der Waals surface area contributed by atoms with Gasteiger partial charge in [-0.25, -0.2) is 15.1 Å². The van der Waals surface area contributed by atoms with E-state index in [2.05, 4.69) is 10.2 Å². The number of benzene rings is 2. The first-order valence-corrected chi connectivity index (χ1v) is 5.54. The molecule has 0 aliphatic heterocycles. The summed E-state index contributed by atoms with van der Waals surface area (Å²) in [6.07, 6.45) is 0. The molecule has 3 N–H and O–H groups in total. The molecule has 0 unspecified atom stereocenters. The van der Waals surface area contributed by atoms with E-state index >= 15 is 0 Å². The number of amides is 2. The molecule has 98 valence electrons. The van der Waals surface area contributed by atoms with E-state index in [1.807, 2.05) is 41.9 Å². The van der Waals surface area contributed by atoms with E-state index in [9.17, 15) is 9.59 Å². The highest BCUT2D eigenvalue weighted by Crippen LogP contribution is 2.18. The number of hydrogen-bond donors (Lipinski definition) is 3. The van der Waals surface area contributed by atoms with E-state index in [1.165, 1.54) is 0 Å². The van der Waals surface area contributed by atoms with E-state index in [0.717, 1.165) is 10.8 Å². The molecule has 0 radical (unpaired) electrons. The Morgan fingerprint density at radius 3 is 2.58 bits per heavy atom. The van der Waals surface area contributed by atoms with Crippen LogP contribution in [0.1, 0.15) is 0 Å². The van der Waals surface area contributed by atoms with Gasteiger partial charge in [-0.1, -0.05) is 30.3 Å². The van der Waals surface area contributed by atoms with Crippen molar-refractivity contribution in [1.29, 1.82) is 0 Å². The van der Waals surface area contributed by atoms with Crippen molar-refractivity contribution in [2.24, 2.45) is 0 Å². The van der Waals surface area contributed by atoms with Crippen LogP contribution < -0.4 is 10.8 Å². The summed E-state index contributed by atoms with van der Waals surface area (Å²) in [6, 6.07) is 12.5. The average Bonchev–Trinajstić information content (AvgIpc) is 2.38. The Kier molecular flexibility index (Phi) is 3.94. The van der Waals surface area contributed by atoms with Gasteiger partial charge in [0.05, 0.1) is 0 Å². The molecular formula is C13H12N2O4. The second kappa shape index (κ2) is 5.83. The molecule has 0 bridgehead atoms. The Morgan fingerprint density at radius 1 is 1.11 bits per heavy atom. The third kappa shape index (κ3) is 3.68. The minimum atomic E-state index is -1.16. The van der Waals surface area contributed by atoms with E-state index in [0.29, 0.717) is 5.69 Å². The van der Waals surface area contributed by atoms with Crippen molar-refractivity contribution < 1.29 is 19.5 Å². The van der Waals surface area contributed by atoms with E-state index in [1.54, 1.807) is 6.07 Å². The number of carboxylic acids is 1. The minimum absolute atomic E-state index is 0.592. The molecule has 0 aliphatic carbocycles. The SMILES string of the molecule is O=C(O)CONC(=O)Nc1ccc2ccccc2c1. The molecule has 0 heterocycles. The molecule has 0 fully saturated rings. The fourth-order valence-corrected chi connectivity index (χ4v) is 1.59. The second-order valence-corrected chi connectivity index (χ2v) is 3.80. The molecule has 2 rings (SSSR count). The van der Waals surface area contributed by atoms with Crippen LogP contribution in [0.5, 0.6) is 0 Å². The van der Waals surface area contributed by atoms with Crippen LogP contribution >= 0.6 is 0 Å². The van der Waals surface area contributed by atoms with Crippen LogP contribution in [0.2, 0.25) is 0 Å². The summed E-state index contributed by atoms with van der Waals surface area (Å²) in [4.78, 5) is 26.0. The van der Waals surface area contributed by atoms with Gasteiger partial charge in [-0.15, -0.1) is 0 Å². The number of hydroxylamine groups is 1. The van der Waals surface area contributed by atoms with Crippen LogP contribution in [0, 0.1) is 0 Å². The number of anilines is 1. The standard InChI is InChI=1S/C13H12N2O4/c16-12(17)8-19-15-13(18)14-11-6-5-9-3-1-2-4-10(9)7-11/h1-7H,8H2,(H,16,17)(H2,14,15,18). The van der Waals surface area contributed by atoms with Crippen molar-refractivity contribution in [2.75, 3.05) is 11.9 Å². The van der Waals surface area contributed by atoms with Crippen LogP contribution in [0.15, 0.2) is 42.5 Å². The number of nitrogens with one attached hydrogen (secondary N) is 2. The van der Waals surface area contributed by atoms with Gasteiger partial charge in [-0.2, -0.15) is 0 Å². The van der Waals surface area contributed by atoms with Gasteiger partial charge in [0.2, 0.25) is 0 Å². The summed E-state index contributed by atoms with van der Waals surface area (Å²) in [5.74, 6) is -1.16. The van der Waals surface area contributed by atoms with Crippen LogP contribution in [0.4, 0.5) is 10.5 Å². The largest absolute Gasteiger partial charge is 0.479 e. The minimum Gasteiger partial charge on any atom is -0.479 e. The zero-order chi connectivity index (χ0) is 13.7. The molecular weight excluding hydrogens is 248 g/mol. The third-order valence-electron chi connectivity index (χ3n) is 2.37. The molecule has 0 aromatic heterocycles. The van der Waals surface area contributed by atoms with Crippen LogP contribution in [-0.2, 0) is 9.63 Å². The first-order chi connectivity index (χ1) is 9.15. The molecule has 2 aromatic carbocycles. The molecule has 0 saturated carbocycles. The smallest absolute Gasteiger partial charge is 0.343 e. The van der Waals surface area contributed by atoms with Gasteiger partial charge in [0.15, 0.2) is 6.61 Å². The maximum atomic E-state index is 11.4. The molecule has 0 spiro atoms. The predicted molar refractivity (Wildman–Crippen MR) is 69.7 cm³/mol.